The Bertz CT molecular complexity index is 758. The SMILES string of the molecule is Cc1nn(Cc2cccc(C(F)F)c2)cc1B1OC(C)(C)C(C)(C)O1. The first-order chi connectivity index (χ1) is 11.6. The summed E-state index contributed by atoms with van der Waals surface area (Å²) in [4.78, 5) is 0. The van der Waals surface area contributed by atoms with Crippen molar-refractivity contribution in [2.24, 2.45) is 0 Å². The van der Waals surface area contributed by atoms with E-state index in [1.165, 1.54) is 12.1 Å². The van der Waals surface area contributed by atoms with Crippen LogP contribution in [0, 0.1) is 6.92 Å². The number of aromatic nitrogens is 2. The molecule has 7 heteroatoms. The highest BCUT2D eigenvalue weighted by molar-refractivity contribution is 6.62. The van der Waals surface area contributed by atoms with E-state index in [4.69, 9.17) is 9.31 Å². The molecule has 0 atom stereocenters. The number of rotatable bonds is 4. The fraction of sp³-hybridized carbons (Fsp3) is 0.500. The molecule has 3 rings (SSSR count). The molecule has 1 aromatic carbocycles. The van der Waals surface area contributed by atoms with Gasteiger partial charge in [-0.1, -0.05) is 18.2 Å². The molecule has 1 aliphatic heterocycles. The summed E-state index contributed by atoms with van der Waals surface area (Å²) >= 11 is 0. The molecule has 4 nitrogen and oxygen atoms in total. The van der Waals surface area contributed by atoms with Crippen LogP contribution in [0.3, 0.4) is 0 Å². The first-order valence-corrected chi connectivity index (χ1v) is 8.36. The van der Waals surface area contributed by atoms with Gasteiger partial charge in [-0.3, -0.25) is 4.68 Å². The number of benzene rings is 1. The molecule has 2 aromatic rings. The van der Waals surface area contributed by atoms with Gasteiger partial charge in [0.25, 0.3) is 6.43 Å². The Kier molecular flexibility index (Phi) is 4.49. The van der Waals surface area contributed by atoms with Gasteiger partial charge >= 0.3 is 7.12 Å². The van der Waals surface area contributed by atoms with Crippen LogP contribution in [-0.2, 0) is 15.9 Å². The van der Waals surface area contributed by atoms with Gasteiger partial charge < -0.3 is 9.31 Å². The second kappa shape index (κ2) is 6.22. The van der Waals surface area contributed by atoms with E-state index in [1.54, 1.807) is 10.7 Å². The van der Waals surface area contributed by atoms with Crippen LogP contribution in [0.25, 0.3) is 0 Å². The van der Waals surface area contributed by atoms with Gasteiger partial charge in [-0.05, 0) is 46.2 Å². The largest absolute Gasteiger partial charge is 0.498 e. The standard InChI is InChI=1S/C18H23BF2N2O2/c1-12-15(19-24-17(2,3)18(4,5)25-19)11-23(22-12)10-13-7-6-8-14(9-13)16(20)21/h6-9,11,16H,10H2,1-5H3. The zero-order valence-corrected chi connectivity index (χ0v) is 15.2. The van der Waals surface area contributed by atoms with E-state index in [1.807, 2.05) is 46.9 Å². The molecule has 2 heterocycles. The predicted molar refractivity (Wildman–Crippen MR) is 93.2 cm³/mol. The van der Waals surface area contributed by atoms with Gasteiger partial charge in [0.15, 0.2) is 0 Å². The number of alkyl halides is 2. The summed E-state index contributed by atoms with van der Waals surface area (Å²) in [7, 11) is -0.480. The van der Waals surface area contributed by atoms with Gasteiger partial charge in [-0.25, -0.2) is 8.78 Å². The van der Waals surface area contributed by atoms with Gasteiger partial charge in [0, 0.05) is 17.2 Å². The Morgan fingerprint density at radius 1 is 1.16 bits per heavy atom. The van der Waals surface area contributed by atoms with Crippen molar-refractivity contribution >= 4 is 12.6 Å². The molecule has 0 radical (unpaired) electrons. The molecule has 25 heavy (non-hydrogen) atoms. The van der Waals surface area contributed by atoms with E-state index in [-0.39, 0.29) is 5.56 Å². The van der Waals surface area contributed by atoms with Crippen molar-refractivity contribution in [3.8, 4) is 0 Å². The molecule has 0 spiro atoms. The van der Waals surface area contributed by atoms with Gasteiger partial charge in [0.2, 0.25) is 0 Å². The van der Waals surface area contributed by atoms with Crippen molar-refractivity contribution in [2.75, 3.05) is 0 Å². The third kappa shape index (κ3) is 3.48. The normalized spacial score (nSPS) is 19.0. The van der Waals surface area contributed by atoms with Crippen molar-refractivity contribution in [1.29, 1.82) is 0 Å². The van der Waals surface area contributed by atoms with Gasteiger partial charge in [-0.2, -0.15) is 5.10 Å². The summed E-state index contributed by atoms with van der Waals surface area (Å²) in [6, 6.07) is 6.40. The van der Waals surface area contributed by atoms with E-state index < -0.39 is 24.7 Å². The third-order valence-electron chi connectivity index (χ3n) is 5.04. The topological polar surface area (TPSA) is 36.3 Å². The average Bonchev–Trinajstić information content (AvgIpc) is 2.96. The zero-order chi connectivity index (χ0) is 18.4. The number of hydrogen-bond donors (Lipinski definition) is 0. The quantitative estimate of drug-likeness (QED) is 0.794. The molecule has 0 amide bonds. The number of nitrogens with zero attached hydrogens (tertiary/aromatic N) is 2. The molecular formula is C18H23BF2N2O2. The lowest BCUT2D eigenvalue weighted by molar-refractivity contribution is 0.00578. The lowest BCUT2D eigenvalue weighted by atomic mass is 9.79. The molecule has 134 valence electrons. The number of halogens is 2. The Morgan fingerprint density at radius 2 is 1.80 bits per heavy atom. The maximum absolute atomic E-state index is 12.8. The van der Waals surface area contributed by atoms with Crippen LogP contribution >= 0.6 is 0 Å². The maximum Gasteiger partial charge on any atom is 0.498 e. The maximum atomic E-state index is 12.8. The molecule has 1 fully saturated rings. The highest BCUT2D eigenvalue weighted by Crippen LogP contribution is 2.36. The molecule has 1 aromatic heterocycles. The van der Waals surface area contributed by atoms with Crippen molar-refractivity contribution in [3.05, 3.63) is 47.3 Å². The molecule has 0 saturated carbocycles. The molecular weight excluding hydrogens is 325 g/mol. The Balaban J connectivity index is 1.81. The third-order valence-corrected chi connectivity index (χ3v) is 5.04. The molecule has 1 saturated heterocycles. The van der Waals surface area contributed by atoms with Crippen LogP contribution in [-0.4, -0.2) is 28.1 Å². The van der Waals surface area contributed by atoms with E-state index in [2.05, 4.69) is 5.10 Å². The molecule has 0 N–H and O–H groups in total. The second-order valence-corrected chi connectivity index (χ2v) is 7.50. The highest BCUT2D eigenvalue weighted by Gasteiger charge is 2.52. The number of hydrogen-bond acceptors (Lipinski definition) is 3. The van der Waals surface area contributed by atoms with Crippen molar-refractivity contribution < 1.29 is 18.1 Å². The first kappa shape index (κ1) is 18.1. The minimum absolute atomic E-state index is 0.0209. The van der Waals surface area contributed by atoms with Crippen LogP contribution in [0.15, 0.2) is 30.5 Å². The van der Waals surface area contributed by atoms with Crippen LogP contribution in [0.5, 0.6) is 0 Å². The Hall–Kier alpha value is -1.73. The number of aryl methyl sites for hydroxylation is 1. The van der Waals surface area contributed by atoms with Crippen molar-refractivity contribution in [2.45, 2.75) is 58.8 Å². The van der Waals surface area contributed by atoms with E-state index in [0.717, 1.165) is 16.7 Å². The molecule has 1 aliphatic rings. The molecule has 0 aliphatic carbocycles. The van der Waals surface area contributed by atoms with Crippen LogP contribution < -0.4 is 5.46 Å². The molecule has 0 unspecified atom stereocenters. The Labute approximate surface area is 147 Å². The zero-order valence-electron chi connectivity index (χ0n) is 15.2. The minimum atomic E-state index is -2.47. The highest BCUT2D eigenvalue weighted by atomic mass is 19.3. The Morgan fingerprint density at radius 3 is 2.40 bits per heavy atom. The van der Waals surface area contributed by atoms with E-state index in [9.17, 15) is 8.78 Å². The lowest BCUT2D eigenvalue weighted by Crippen LogP contribution is -2.41. The summed E-state index contributed by atoms with van der Waals surface area (Å²) in [5.41, 5.74) is 1.63. The van der Waals surface area contributed by atoms with Gasteiger partial charge in [0.1, 0.15) is 0 Å². The van der Waals surface area contributed by atoms with Crippen LogP contribution in [0.2, 0.25) is 0 Å². The minimum Gasteiger partial charge on any atom is -0.399 e. The summed E-state index contributed by atoms with van der Waals surface area (Å²) in [6.45, 7) is 10.3. The van der Waals surface area contributed by atoms with Crippen molar-refractivity contribution in [1.82, 2.24) is 9.78 Å². The molecule has 0 bridgehead atoms. The fourth-order valence-corrected chi connectivity index (χ4v) is 2.83. The van der Waals surface area contributed by atoms with E-state index in [0.29, 0.717) is 6.54 Å². The first-order valence-electron chi connectivity index (χ1n) is 8.36. The average molecular weight is 348 g/mol. The lowest BCUT2D eigenvalue weighted by Gasteiger charge is -2.32. The van der Waals surface area contributed by atoms with Crippen LogP contribution in [0.4, 0.5) is 8.78 Å². The monoisotopic (exact) mass is 348 g/mol. The van der Waals surface area contributed by atoms with Crippen molar-refractivity contribution in [3.63, 3.8) is 0 Å². The second-order valence-electron chi connectivity index (χ2n) is 7.50. The predicted octanol–water partition coefficient (Wildman–Crippen LogP) is 3.48. The summed E-state index contributed by atoms with van der Waals surface area (Å²) < 4.78 is 39.6. The van der Waals surface area contributed by atoms with Gasteiger partial charge in [-0.15, -0.1) is 0 Å². The van der Waals surface area contributed by atoms with E-state index >= 15 is 0 Å². The summed E-state index contributed by atoms with van der Waals surface area (Å²) in [5.74, 6) is 0. The summed E-state index contributed by atoms with van der Waals surface area (Å²) in [6.07, 6.45) is -0.605. The summed E-state index contributed by atoms with van der Waals surface area (Å²) in [5, 5.41) is 4.49. The smallest absolute Gasteiger partial charge is 0.399 e. The fourth-order valence-electron chi connectivity index (χ4n) is 2.83. The van der Waals surface area contributed by atoms with Crippen LogP contribution in [0.1, 0.15) is 50.9 Å². The van der Waals surface area contributed by atoms with Gasteiger partial charge in [0.05, 0.1) is 23.4 Å².